The van der Waals surface area contributed by atoms with Gasteiger partial charge in [-0.15, -0.1) is 0 Å². The van der Waals surface area contributed by atoms with Gasteiger partial charge < -0.3 is 15.8 Å². The number of nitrogens with one attached hydrogen (secondary N) is 1. The van der Waals surface area contributed by atoms with Crippen molar-refractivity contribution in [3.05, 3.63) is 22.8 Å². The van der Waals surface area contributed by atoms with Crippen LogP contribution < -0.4 is 11.1 Å². The van der Waals surface area contributed by atoms with Crippen LogP contribution in [0.1, 0.15) is 6.92 Å². The van der Waals surface area contributed by atoms with Crippen molar-refractivity contribution in [3.63, 3.8) is 0 Å². The smallest absolute Gasteiger partial charge is 0.332 e. The number of carbonyl (C=O) groups is 2. The molecule has 3 N–H and O–H groups in total. The van der Waals surface area contributed by atoms with Crippen LogP contribution in [-0.4, -0.2) is 29.5 Å². The maximum absolute atomic E-state index is 11.6. The van der Waals surface area contributed by atoms with Gasteiger partial charge in [0, 0.05) is 6.20 Å². The molecule has 0 bridgehead atoms. The number of amides is 1. The molecule has 1 unspecified atom stereocenters. The summed E-state index contributed by atoms with van der Waals surface area (Å²) >= 11 is 3.21. The summed E-state index contributed by atoms with van der Waals surface area (Å²) in [6, 6.07) is 2.05. The Morgan fingerprint density at radius 1 is 1.65 bits per heavy atom. The number of nitrogens with two attached hydrogens (primary N) is 1. The number of rotatable bonds is 4. The highest BCUT2D eigenvalue weighted by Crippen LogP contribution is 2.18. The van der Waals surface area contributed by atoms with Gasteiger partial charge in [0.25, 0.3) is 5.91 Å². The van der Waals surface area contributed by atoms with E-state index in [0.29, 0.717) is 10.3 Å². The summed E-state index contributed by atoms with van der Waals surface area (Å²) in [5.74, 6) is -1.13. The molecule has 0 saturated carbocycles. The summed E-state index contributed by atoms with van der Waals surface area (Å²) in [6.07, 6.45) is 1.51. The second-order valence-electron chi connectivity index (χ2n) is 3.05. The molecule has 0 spiro atoms. The number of aromatic nitrogens is 1. The van der Waals surface area contributed by atoms with Crippen LogP contribution in [-0.2, 0) is 14.3 Å². The molecule has 1 amide bonds. The molecule has 7 heteroatoms. The average Bonchev–Trinajstić information content (AvgIpc) is 2.31. The number of hydrogen-bond donors (Lipinski definition) is 2. The Balaban J connectivity index is 2.67. The molecule has 0 aromatic carbocycles. The van der Waals surface area contributed by atoms with Gasteiger partial charge in [0.15, 0.2) is 6.04 Å². The molecule has 0 radical (unpaired) electrons. The highest BCUT2D eigenvalue weighted by atomic mass is 79.9. The van der Waals surface area contributed by atoms with Gasteiger partial charge in [0.2, 0.25) is 0 Å². The summed E-state index contributed by atoms with van der Waals surface area (Å²) in [6.45, 7) is 1.81. The number of anilines is 1. The lowest BCUT2D eigenvalue weighted by Crippen LogP contribution is -2.43. The highest BCUT2D eigenvalue weighted by molar-refractivity contribution is 9.10. The highest BCUT2D eigenvalue weighted by Gasteiger charge is 2.24. The molecule has 0 saturated heterocycles. The van der Waals surface area contributed by atoms with E-state index in [1.807, 2.05) is 0 Å². The Morgan fingerprint density at radius 3 is 2.94 bits per heavy atom. The van der Waals surface area contributed by atoms with Crippen LogP contribution in [0.15, 0.2) is 22.8 Å². The zero-order chi connectivity index (χ0) is 12.8. The van der Waals surface area contributed by atoms with Crippen molar-refractivity contribution >= 4 is 33.6 Å². The summed E-state index contributed by atoms with van der Waals surface area (Å²) in [5.41, 5.74) is 5.42. The maximum Gasteiger partial charge on any atom is 0.332 e. The topological polar surface area (TPSA) is 94.3 Å². The monoisotopic (exact) mass is 301 g/mol. The maximum atomic E-state index is 11.6. The third-order valence-corrected chi connectivity index (χ3v) is 2.46. The summed E-state index contributed by atoms with van der Waals surface area (Å²) in [5, 5.41) is 2.43. The predicted octanol–water partition coefficient (Wildman–Crippen LogP) is 0.673. The largest absolute Gasteiger partial charge is 0.464 e. The van der Waals surface area contributed by atoms with Crippen LogP contribution in [0.5, 0.6) is 0 Å². The van der Waals surface area contributed by atoms with Crippen LogP contribution in [0.25, 0.3) is 0 Å². The minimum Gasteiger partial charge on any atom is -0.464 e. The fraction of sp³-hybridized carbons (Fsp3) is 0.300. The number of esters is 1. The van der Waals surface area contributed by atoms with Crippen molar-refractivity contribution in [2.45, 2.75) is 13.0 Å². The zero-order valence-corrected chi connectivity index (χ0v) is 10.7. The van der Waals surface area contributed by atoms with Gasteiger partial charge in [-0.2, -0.15) is 0 Å². The fourth-order valence-electron chi connectivity index (χ4n) is 1.01. The first-order valence-electron chi connectivity index (χ1n) is 4.89. The molecule has 0 aliphatic rings. The van der Waals surface area contributed by atoms with Gasteiger partial charge in [-0.05, 0) is 35.0 Å². The van der Waals surface area contributed by atoms with Gasteiger partial charge in [0.1, 0.15) is 5.82 Å². The van der Waals surface area contributed by atoms with E-state index in [1.54, 1.807) is 19.1 Å². The SMILES string of the molecule is CCOC(=O)C(N)C(=O)Nc1ncccc1Br. The molecule has 1 atom stereocenters. The Hall–Kier alpha value is -1.47. The van der Waals surface area contributed by atoms with E-state index in [9.17, 15) is 9.59 Å². The number of nitrogens with zero attached hydrogens (tertiary/aromatic N) is 1. The van der Waals surface area contributed by atoms with Gasteiger partial charge in [-0.3, -0.25) is 4.79 Å². The van der Waals surface area contributed by atoms with E-state index in [0.717, 1.165) is 0 Å². The normalized spacial score (nSPS) is 11.7. The van der Waals surface area contributed by atoms with Gasteiger partial charge >= 0.3 is 5.97 Å². The molecule has 0 fully saturated rings. The fourth-order valence-corrected chi connectivity index (χ4v) is 1.37. The molecule has 0 aliphatic heterocycles. The lowest BCUT2D eigenvalue weighted by Gasteiger charge is -2.11. The van der Waals surface area contributed by atoms with Crippen molar-refractivity contribution in [2.75, 3.05) is 11.9 Å². The first-order chi connectivity index (χ1) is 8.06. The first-order valence-corrected chi connectivity index (χ1v) is 5.69. The minimum atomic E-state index is -1.36. The van der Waals surface area contributed by atoms with Crippen molar-refractivity contribution in [2.24, 2.45) is 5.73 Å². The molecule has 92 valence electrons. The van der Waals surface area contributed by atoms with Crippen molar-refractivity contribution < 1.29 is 14.3 Å². The molecule has 6 nitrogen and oxygen atoms in total. The van der Waals surface area contributed by atoms with E-state index in [-0.39, 0.29) is 6.61 Å². The van der Waals surface area contributed by atoms with E-state index in [1.165, 1.54) is 6.20 Å². The number of hydrogen-bond acceptors (Lipinski definition) is 5. The van der Waals surface area contributed by atoms with Crippen LogP contribution in [0.4, 0.5) is 5.82 Å². The van der Waals surface area contributed by atoms with Gasteiger partial charge in [0.05, 0.1) is 11.1 Å². The first kappa shape index (κ1) is 13.6. The Kier molecular flexibility index (Phi) is 5.05. The van der Waals surface area contributed by atoms with Crippen LogP contribution in [0.3, 0.4) is 0 Å². The van der Waals surface area contributed by atoms with E-state index >= 15 is 0 Å². The zero-order valence-electron chi connectivity index (χ0n) is 9.14. The molecule has 1 aromatic rings. The molecule has 1 heterocycles. The van der Waals surface area contributed by atoms with Gasteiger partial charge in [-0.25, -0.2) is 9.78 Å². The average molecular weight is 302 g/mol. The minimum absolute atomic E-state index is 0.174. The van der Waals surface area contributed by atoms with Crippen LogP contribution >= 0.6 is 15.9 Å². The van der Waals surface area contributed by atoms with Crippen LogP contribution in [0, 0.1) is 0 Å². The molecule has 1 rings (SSSR count). The predicted molar refractivity (Wildman–Crippen MR) is 65.2 cm³/mol. The van der Waals surface area contributed by atoms with Crippen molar-refractivity contribution in [1.82, 2.24) is 4.98 Å². The number of pyridine rings is 1. The second kappa shape index (κ2) is 6.31. The molecular weight excluding hydrogens is 290 g/mol. The standard InChI is InChI=1S/C10H12BrN3O3/c1-2-17-10(16)7(12)9(15)14-8-6(11)4-3-5-13-8/h3-5,7H,2,12H2,1H3,(H,13,14,15). The van der Waals surface area contributed by atoms with Crippen LogP contribution in [0.2, 0.25) is 0 Å². The van der Waals surface area contributed by atoms with Crippen molar-refractivity contribution in [3.8, 4) is 0 Å². The second-order valence-corrected chi connectivity index (χ2v) is 3.91. The Labute approximate surface area is 107 Å². The third-order valence-electron chi connectivity index (χ3n) is 1.82. The molecule has 17 heavy (non-hydrogen) atoms. The summed E-state index contributed by atoms with van der Waals surface area (Å²) in [4.78, 5) is 26.7. The van der Waals surface area contributed by atoms with Gasteiger partial charge in [-0.1, -0.05) is 0 Å². The number of halogens is 1. The van der Waals surface area contributed by atoms with Crippen molar-refractivity contribution in [1.29, 1.82) is 0 Å². The lowest BCUT2D eigenvalue weighted by atomic mass is 10.3. The molecule has 1 aromatic heterocycles. The Morgan fingerprint density at radius 2 is 2.35 bits per heavy atom. The van der Waals surface area contributed by atoms with E-state index in [4.69, 9.17) is 5.73 Å². The van der Waals surface area contributed by atoms with E-state index < -0.39 is 17.9 Å². The molecule has 0 aliphatic carbocycles. The van der Waals surface area contributed by atoms with E-state index in [2.05, 4.69) is 31.0 Å². The lowest BCUT2D eigenvalue weighted by molar-refractivity contribution is -0.146. The number of carbonyl (C=O) groups excluding carboxylic acids is 2. The Bertz CT molecular complexity index is 425. The summed E-state index contributed by atoms with van der Waals surface area (Å²) in [7, 11) is 0. The summed E-state index contributed by atoms with van der Waals surface area (Å²) < 4.78 is 5.24. The quantitative estimate of drug-likeness (QED) is 0.630. The third kappa shape index (κ3) is 3.79. The number of ether oxygens (including phenoxy) is 1. The molecular formula is C10H12BrN3O3.